The quantitative estimate of drug-likeness (QED) is 0.846. The van der Waals surface area contributed by atoms with Crippen molar-refractivity contribution in [3.8, 4) is 0 Å². The Morgan fingerprint density at radius 3 is 2.74 bits per heavy atom. The van der Waals surface area contributed by atoms with Gasteiger partial charge in [-0.1, -0.05) is 12.1 Å². The Morgan fingerprint density at radius 2 is 2.05 bits per heavy atom. The summed E-state index contributed by atoms with van der Waals surface area (Å²) in [6.07, 6.45) is 1.25. The number of nitrogens with zero attached hydrogens (tertiary/aromatic N) is 2. The first-order chi connectivity index (χ1) is 9.29. The SMILES string of the molecule is CCN(CCCN1CCNCC1)c1cccc(C)c1. The van der Waals surface area contributed by atoms with Crippen molar-refractivity contribution < 1.29 is 0 Å². The first-order valence-electron chi connectivity index (χ1n) is 7.54. The van der Waals surface area contributed by atoms with Crippen LogP contribution in [0.3, 0.4) is 0 Å². The Labute approximate surface area is 117 Å². The molecule has 0 atom stereocenters. The molecular formula is C16H27N3. The maximum absolute atomic E-state index is 3.41. The third-order valence-electron chi connectivity index (χ3n) is 3.86. The molecule has 0 amide bonds. The number of hydrogen-bond donors (Lipinski definition) is 1. The van der Waals surface area contributed by atoms with Crippen molar-refractivity contribution in [2.75, 3.05) is 50.7 Å². The highest BCUT2D eigenvalue weighted by Crippen LogP contribution is 2.15. The van der Waals surface area contributed by atoms with Crippen LogP contribution in [0.5, 0.6) is 0 Å². The number of nitrogens with one attached hydrogen (secondary N) is 1. The van der Waals surface area contributed by atoms with E-state index >= 15 is 0 Å². The van der Waals surface area contributed by atoms with E-state index in [1.807, 2.05) is 0 Å². The molecule has 0 aliphatic carbocycles. The molecule has 0 bridgehead atoms. The highest BCUT2D eigenvalue weighted by Gasteiger charge is 2.10. The fourth-order valence-corrected chi connectivity index (χ4v) is 2.71. The van der Waals surface area contributed by atoms with E-state index < -0.39 is 0 Å². The van der Waals surface area contributed by atoms with Crippen LogP contribution in [-0.4, -0.2) is 50.7 Å². The van der Waals surface area contributed by atoms with Crippen LogP contribution in [0.1, 0.15) is 18.9 Å². The van der Waals surface area contributed by atoms with Gasteiger partial charge in [-0.15, -0.1) is 0 Å². The molecule has 0 radical (unpaired) electrons. The minimum Gasteiger partial charge on any atom is -0.372 e. The van der Waals surface area contributed by atoms with E-state index in [0.717, 1.165) is 26.2 Å². The Morgan fingerprint density at radius 1 is 1.26 bits per heavy atom. The maximum Gasteiger partial charge on any atom is 0.0368 e. The summed E-state index contributed by atoms with van der Waals surface area (Å²) >= 11 is 0. The second-order valence-corrected chi connectivity index (χ2v) is 5.36. The third-order valence-corrected chi connectivity index (χ3v) is 3.86. The van der Waals surface area contributed by atoms with Gasteiger partial charge in [-0.3, -0.25) is 0 Å². The topological polar surface area (TPSA) is 18.5 Å². The van der Waals surface area contributed by atoms with E-state index in [-0.39, 0.29) is 0 Å². The lowest BCUT2D eigenvalue weighted by Crippen LogP contribution is -2.44. The highest BCUT2D eigenvalue weighted by atomic mass is 15.2. The molecule has 1 aromatic rings. The van der Waals surface area contributed by atoms with Gasteiger partial charge in [-0.2, -0.15) is 0 Å². The summed E-state index contributed by atoms with van der Waals surface area (Å²) in [6, 6.07) is 8.83. The van der Waals surface area contributed by atoms with Gasteiger partial charge in [0.25, 0.3) is 0 Å². The van der Waals surface area contributed by atoms with Crippen LogP contribution in [-0.2, 0) is 0 Å². The smallest absolute Gasteiger partial charge is 0.0368 e. The van der Waals surface area contributed by atoms with Gasteiger partial charge in [0.15, 0.2) is 0 Å². The molecule has 1 aliphatic rings. The zero-order valence-corrected chi connectivity index (χ0v) is 12.4. The van der Waals surface area contributed by atoms with Crippen molar-refractivity contribution in [2.45, 2.75) is 20.3 Å². The standard InChI is InChI=1S/C16H27N3/c1-3-19(16-7-4-6-15(2)14-16)11-5-10-18-12-8-17-9-13-18/h4,6-7,14,17H,3,5,8-13H2,1-2H3. The van der Waals surface area contributed by atoms with Crippen molar-refractivity contribution in [3.05, 3.63) is 29.8 Å². The fourth-order valence-electron chi connectivity index (χ4n) is 2.71. The van der Waals surface area contributed by atoms with Crippen LogP contribution in [0.15, 0.2) is 24.3 Å². The largest absolute Gasteiger partial charge is 0.372 e. The molecule has 0 unspecified atom stereocenters. The first-order valence-corrected chi connectivity index (χ1v) is 7.54. The molecule has 2 rings (SSSR count). The van der Waals surface area contributed by atoms with Crippen molar-refractivity contribution in [2.24, 2.45) is 0 Å². The molecule has 0 saturated carbocycles. The fraction of sp³-hybridized carbons (Fsp3) is 0.625. The van der Waals surface area contributed by atoms with Gasteiger partial charge in [-0.25, -0.2) is 0 Å². The summed E-state index contributed by atoms with van der Waals surface area (Å²) in [4.78, 5) is 5.05. The zero-order valence-electron chi connectivity index (χ0n) is 12.4. The van der Waals surface area contributed by atoms with E-state index in [1.54, 1.807) is 0 Å². The van der Waals surface area contributed by atoms with Crippen LogP contribution < -0.4 is 10.2 Å². The van der Waals surface area contributed by atoms with Gasteiger partial charge >= 0.3 is 0 Å². The van der Waals surface area contributed by atoms with Crippen LogP contribution in [0.2, 0.25) is 0 Å². The average molecular weight is 261 g/mol. The average Bonchev–Trinajstić information content (AvgIpc) is 2.45. The van der Waals surface area contributed by atoms with Gasteiger partial charge in [0, 0.05) is 45.0 Å². The summed E-state index contributed by atoms with van der Waals surface area (Å²) in [7, 11) is 0. The number of benzene rings is 1. The van der Waals surface area contributed by atoms with Crippen LogP contribution >= 0.6 is 0 Å². The summed E-state index contributed by atoms with van der Waals surface area (Å²) in [5.74, 6) is 0. The second kappa shape index (κ2) is 7.51. The van der Waals surface area contributed by atoms with Gasteiger partial charge in [0.05, 0.1) is 0 Å². The predicted octanol–water partition coefficient (Wildman–Crippen LogP) is 2.12. The lowest BCUT2D eigenvalue weighted by molar-refractivity contribution is 0.239. The summed E-state index contributed by atoms with van der Waals surface area (Å²) < 4.78 is 0. The molecule has 19 heavy (non-hydrogen) atoms. The van der Waals surface area contributed by atoms with Crippen LogP contribution in [0, 0.1) is 6.92 Å². The highest BCUT2D eigenvalue weighted by molar-refractivity contribution is 5.48. The lowest BCUT2D eigenvalue weighted by atomic mass is 10.2. The Kier molecular flexibility index (Phi) is 5.67. The predicted molar refractivity (Wildman–Crippen MR) is 83.0 cm³/mol. The van der Waals surface area contributed by atoms with Gasteiger partial charge in [0.2, 0.25) is 0 Å². The van der Waals surface area contributed by atoms with Crippen molar-refractivity contribution >= 4 is 5.69 Å². The second-order valence-electron chi connectivity index (χ2n) is 5.36. The van der Waals surface area contributed by atoms with Gasteiger partial charge in [-0.05, 0) is 44.5 Å². The summed E-state index contributed by atoms with van der Waals surface area (Å²) in [5.41, 5.74) is 2.71. The van der Waals surface area contributed by atoms with E-state index in [4.69, 9.17) is 0 Å². The molecule has 1 heterocycles. The number of piperazine rings is 1. The van der Waals surface area contributed by atoms with Crippen LogP contribution in [0.25, 0.3) is 0 Å². The van der Waals surface area contributed by atoms with Crippen molar-refractivity contribution in [3.63, 3.8) is 0 Å². The molecule has 1 saturated heterocycles. The maximum atomic E-state index is 3.41. The van der Waals surface area contributed by atoms with Crippen molar-refractivity contribution in [1.29, 1.82) is 0 Å². The molecule has 0 aromatic heterocycles. The Balaban J connectivity index is 1.79. The monoisotopic (exact) mass is 261 g/mol. The molecule has 106 valence electrons. The van der Waals surface area contributed by atoms with Crippen LogP contribution in [0.4, 0.5) is 5.69 Å². The number of anilines is 1. The number of rotatable bonds is 6. The van der Waals surface area contributed by atoms with E-state index in [1.165, 1.54) is 37.3 Å². The molecule has 3 heteroatoms. The Bertz CT molecular complexity index is 372. The number of aryl methyl sites for hydroxylation is 1. The molecule has 3 nitrogen and oxygen atoms in total. The van der Waals surface area contributed by atoms with E-state index in [2.05, 4.69) is 53.2 Å². The molecule has 1 fully saturated rings. The molecule has 1 aromatic carbocycles. The molecule has 0 spiro atoms. The minimum atomic E-state index is 1.09. The third kappa shape index (κ3) is 4.51. The summed E-state index contributed by atoms with van der Waals surface area (Å²) in [5, 5.41) is 3.41. The minimum absolute atomic E-state index is 1.09. The Hall–Kier alpha value is -1.06. The van der Waals surface area contributed by atoms with Gasteiger partial charge < -0.3 is 15.1 Å². The summed E-state index contributed by atoms with van der Waals surface area (Å²) in [6.45, 7) is 12.6. The first kappa shape index (κ1) is 14.4. The molecule has 1 N–H and O–H groups in total. The van der Waals surface area contributed by atoms with Gasteiger partial charge in [0.1, 0.15) is 0 Å². The zero-order chi connectivity index (χ0) is 13.5. The van der Waals surface area contributed by atoms with Crippen molar-refractivity contribution in [1.82, 2.24) is 10.2 Å². The van der Waals surface area contributed by atoms with E-state index in [9.17, 15) is 0 Å². The molecule has 1 aliphatic heterocycles. The molecular weight excluding hydrogens is 234 g/mol. The van der Waals surface area contributed by atoms with E-state index in [0.29, 0.717) is 0 Å². The number of hydrogen-bond acceptors (Lipinski definition) is 3. The lowest BCUT2D eigenvalue weighted by Gasteiger charge is -2.29. The normalized spacial score (nSPS) is 16.5.